The van der Waals surface area contributed by atoms with Gasteiger partial charge in [-0.05, 0) is 58.3 Å². The molecule has 33 heavy (non-hydrogen) atoms. The van der Waals surface area contributed by atoms with Gasteiger partial charge in [0.2, 0.25) is 0 Å². The number of fused-ring (bicyclic) bond motifs is 1. The lowest BCUT2D eigenvalue weighted by molar-refractivity contribution is 0.0399. The van der Waals surface area contributed by atoms with E-state index >= 15 is 0 Å². The van der Waals surface area contributed by atoms with Gasteiger partial charge in [0, 0.05) is 16.8 Å². The molecule has 4 rings (SSSR count). The normalized spacial score (nSPS) is 17.4. The molecular formula is C26H32O7. The van der Waals surface area contributed by atoms with Crippen molar-refractivity contribution in [2.24, 2.45) is 0 Å². The molecule has 0 atom stereocenters. The summed E-state index contributed by atoms with van der Waals surface area (Å²) >= 11 is 0. The van der Waals surface area contributed by atoms with Crippen LogP contribution >= 0.6 is 0 Å². The van der Waals surface area contributed by atoms with Crippen molar-refractivity contribution in [1.82, 2.24) is 0 Å². The van der Waals surface area contributed by atoms with Gasteiger partial charge in [0.1, 0.15) is 18.0 Å². The zero-order chi connectivity index (χ0) is 23.0. The summed E-state index contributed by atoms with van der Waals surface area (Å²) in [6.07, 6.45) is 8.24. The minimum absolute atomic E-state index is 0.110. The lowest BCUT2D eigenvalue weighted by atomic mass is 9.98. The fraction of sp³-hybridized carbons (Fsp3) is 0.538. The lowest BCUT2D eigenvalue weighted by Gasteiger charge is -2.22. The van der Waals surface area contributed by atoms with Crippen molar-refractivity contribution in [2.45, 2.75) is 83.3 Å². The fourth-order valence-corrected chi connectivity index (χ4v) is 4.60. The predicted molar refractivity (Wildman–Crippen MR) is 123 cm³/mol. The van der Waals surface area contributed by atoms with E-state index < -0.39 is 12.3 Å². The van der Waals surface area contributed by atoms with E-state index in [1.54, 1.807) is 18.2 Å². The van der Waals surface area contributed by atoms with E-state index in [2.05, 4.69) is 0 Å². The Morgan fingerprint density at radius 3 is 1.88 bits per heavy atom. The summed E-state index contributed by atoms with van der Waals surface area (Å²) in [6.45, 7) is 2.18. The summed E-state index contributed by atoms with van der Waals surface area (Å²) < 4.78 is 28.0. The van der Waals surface area contributed by atoms with Crippen LogP contribution in [0.1, 0.15) is 71.1 Å². The highest BCUT2D eigenvalue weighted by Crippen LogP contribution is 2.42. The van der Waals surface area contributed by atoms with E-state index in [4.69, 9.17) is 23.7 Å². The first-order valence-electron chi connectivity index (χ1n) is 12.1. The van der Waals surface area contributed by atoms with Gasteiger partial charge >= 0.3 is 12.3 Å². The molecule has 0 spiro atoms. The van der Waals surface area contributed by atoms with Crippen LogP contribution in [0.15, 0.2) is 30.3 Å². The summed E-state index contributed by atoms with van der Waals surface area (Å²) in [4.78, 5) is 25.0. The Morgan fingerprint density at radius 1 is 0.758 bits per heavy atom. The smallest absolute Gasteiger partial charge is 0.490 e. The third kappa shape index (κ3) is 6.09. The van der Waals surface area contributed by atoms with Crippen LogP contribution in [0.3, 0.4) is 0 Å². The highest BCUT2D eigenvalue weighted by Gasteiger charge is 2.25. The van der Waals surface area contributed by atoms with Crippen LogP contribution in [-0.4, -0.2) is 31.1 Å². The third-order valence-corrected chi connectivity index (χ3v) is 6.23. The van der Waals surface area contributed by atoms with Gasteiger partial charge in [0.05, 0.1) is 6.61 Å². The Hall–Kier alpha value is -2.96. The number of carbonyl (C=O) groups excluding carboxylic acids is 2. The number of hydrogen-bond donors (Lipinski definition) is 0. The van der Waals surface area contributed by atoms with Crippen LogP contribution in [0.2, 0.25) is 0 Å². The Morgan fingerprint density at radius 2 is 1.30 bits per heavy atom. The molecule has 0 heterocycles. The highest BCUT2D eigenvalue weighted by molar-refractivity contribution is 5.97. The molecule has 2 fully saturated rings. The van der Waals surface area contributed by atoms with E-state index in [1.807, 2.05) is 19.1 Å². The van der Waals surface area contributed by atoms with Gasteiger partial charge in [0.25, 0.3) is 0 Å². The van der Waals surface area contributed by atoms with Crippen molar-refractivity contribution >= 4 is 23.1 Å². The number of hydrogen-bond acceptors (Lipinski definition) is 7. The fourth-order valence-electron chi connectivity index (χ4n) is 4.60. The molecule has 0 bridgehead atoms. The number of benzene rings is 2. The quantitative estimate of drug-likeness (QED) is 0.344. The molecule has 2 aliphatic carbocycles. The van der Waals surface area contributed by atoms with Crippen molar-refractivity contribution in [3.8, 4) is 17.2 Å². The molecule has 178 valence electrons. The summed E-state index contributed by atoms with van der Waals surface area (Å²) in [5.74, 6) is 0.848. The van der Waals surface area contributed by atoms with Crippen molar-refractivity contribution in [2.75, 3.05) is 6.61 Å². The first-order valence-corrected chi connectivity index (χ1v) is 12.1. The zero-order valence-corrected chi connectivity index (χ0v) is 19.2. The molecule has 0 saturated heterocycles. The summed E-state index contributed by atoms with van der Waals surface area (Å²) in [6, 6.07) is 8.80. The SMILES string of the molecule is CCOc1cc(OC(=O)OC2CCCCC2)c2ccccc2c1OC(=O)OC1CCCCC1. The molecule has 0 radical (unpaired) electrons. The first-order chi connectivity index (χ1) is 16.1. The monoisotopic (exact) mass is 456 g/mol. The van der Waals surface area contributed by atoms with Crippen molar-refractivity contribution in [3.05, 3.63) is 30.3 Å². The molecular weight excluding hydrogens is 424 g/mol. The van der Waals surface area contributed by atoms with E-state index in [0.29, 0.717) is 28.9 Å². The Labute approximate surface area is 194 Å². The average molecular weight is 457 g/mol. The molecule has 0 amide bonds. The maximum Gasteiger partial charge on any atom is 0.514 e. The third-order valence-electron chi connectivity index (χ3n) is 6.23. The van der Waals surface area contributed by atoms with Gasteiger partial charge in [-0.1, -0.05) is 37.1 Å². The Kier molecular flexibility index (Phi) is 7.92. The molecule has 2 aromatic rings. The maximum absolute atomic E-state index is 12.6. The summed E-state index contributed by atoms with van der Waals surface area (Å²) in [5, 5.41) is 1.20. The van der Waals surface area contributed by atoms with Gasteiger partial charge in [-0.25, -0.2) is 9.59 Å². The number of ether oxygens (including phenoxy) is 5. The minimum atomic E-state index is -0.751. The highest BCUT2D eigenvalue weighted by atomic mass is 16.7. The predicted octanol–water partition coefficient (Wildman–Crippen LogP) is 6.93. The van der Waals surface area contributed by atoms with E-state index in [-0.39, 0.29) is 18.0 Å². The second-order valence-electron chi connectivity index (χ2n) is 8.64. The maximum atomic E-state index is 12.6. The van der Waals surface area contributed by atoms with Crippen LogP contribution in [-0.2, 0) is 9.47 Å². The molecule has 0 N–H and O–H groups in total. The van der Waals surface area contributed by atoms with Gasteiger partial charge < -0.3 is 23.7 Å². The largest absolute Gasteiger partial charge is 0.514 e. The van der Waals surface area contributed by atoms with Gasteiger partial charge in [0.15, 0.2) is 11.5 Å². The molecule has 2 saturated carbocycles. The summed E-state index contributed by atoms with van der Waals surface area (Å²) in [5.41, 5.74) is 0. The van der Waals surface area contributed by atoms with Crippen LogP contribution in [0.4, 0.5) is 9.59 Å². The number of rotatable bonds is 6. The van der Waals surface area contributed by atoms with Crippen LogP contribution in [0.5, 0.6) is 17.2 Å². The van der Waals surface area contributed by atoms with E-state index in [1.165, 1.54) is 12.8 Å². The Bertz CT molecular complexity index is 959. The Balaban J connectivity index is 1.56. The molecule has 0 unspecified atom stereocenters. The topological polar surface area (TPSA) is 80.3 Å². The van der Waals surface area contributed by atoms with Gasteiger partial charge in [-0.2, -0.15) is 0 Å². The molecule has 0 aromatic heterocycles. The molecule has 7 nitrogen and oxygen atoms in total. The van der Waals surface area contributed by atoms with Gasteiger partial charge in [-0.15, -0.1) is 0 Å². The second-order valence-corrected chi connectivity index (χ2v) is 8.64. The molecule has 0 aliphatic heterocycles. The van der Waals surface area contributed by atoms with Crippen LogP contribution in [0.25, 0.3) is 10.8 Å². The average Bonchev–Trinajstić information content (AvgIpc) is 2.83. The molecule has 2 aliphatic rings. The standard InChI is InChI=1S/C26H32O7/c1-2-29-23-17-22(32-25(27)30-18-11-5-3-6-12-18)20-15-9-10-16-21(20)24(23)33-26(28)31-19-13-7-4-8-14-19/h9-10,15-19H,2-8,11-14H2,1H3. The van der Waals surface area contributed by atoms with E-state index in [9.17, 15) is 9.59 Å². The first kappa shape index (κ1) is 23.2. The minimum Gasteiger partial charge on any atom is -0.490 e. The van der Waals surface area contributed by atoms with Crippen LogP contribution in [0, 0.1) is 0 Å². The van der Waals surface area contributed by atoms with E-state index in [0.717, 1.165) is 51.4 Å². The lowest BCUT2D eigenvalue weighted by Crippen LogP contribution is -2.23. The molecule has 2 aromatic carbocycles. The van der Waals surface area contributed by atoms with Crippen molar-refractivity contribution in [3.63, 3.8) is 0 Å². The van der Waals surface area contributed by atoms with Crippen molar-refractivity contribution < 1.29 is 33.3 Å². The zero-order valence-electron chi connectivity index (χ0n) is 19.2. The van der Waals surface area contributed by atoms with Crippen LogP contribution < -0.4 is 14.2 Å². The molecule has 7 heteroatoms. The van der Waals surface area contributed by atoms with Gasteiger partial charge in [-0.3, -0.25) is 0 Å². The number of carbonyl (C=O) groups is 2. The van der Waals surface area contributed by atoms with Crippen molar-refractivity contribution in [1.29, 1.82) is 0 Å². The second kappa shape index (κ2) is 11.3. The summed E-state index contributed by atoms with van der Waals surface area (Å²) in [7, 11) is 0.